The van der Waals surface area contributed by atoms with Gasteiger partial charge in [-0.25, -0.2) is 9.78 Å². The first-order valence-corrected chi connectivity index (χ1v) is 16.4. The molecule has 0 unspecified atom stereocenters. The predicted octanol–water partition coefficient (Wildman–Crippen LogP) is 9.64. The van der Waals surface area contributed by atoms with Crippen LogP contribution in [0.4, 0.5) is 4.79 Å². The van der Waals surface area contributed by atoms with Crippen LogP contribution in [0.25, 0.3) is 42.8 Å². The van der Waals surface area contributed by atoms with Crippen molar-refractivity contribution in [3.63, 3.8) is 0 Å². The van der Waals surface area contributed by atoms with Gasteiger partial charge in [-0.1, -0.05) is 30.7 Å². The van der Waals surface area contributed by atoms with Gasteiger partial charge in [-0.3, -0.25) is 4.68 Å². The summed E-state index contributed by atoms with van der Waals surface area (Å²) in [5.74, 6) is 0.283. The van der Waals surface area contributed by atoms with Crippen LogP contribution in [-0.2, 0) is 17.7 Å². The highest BCUT2D eigenvalue weighted by Crippen LogP contribution is 2.42. The van der Waals surface area contributed by atoms with Gasteiger partial charge in [-0.05, 0) is 107 Å². The molecule has 0 radical (unpaired) electrons. The summed E-state index contributed by atoms with van der Waals surface area (Å²) in [5.41, 5.74) is 8.94. The lowest BCUT2D eigenvalue weighted by atomic mass is 9.91. The summed E-state index contributed by atoms with van der Waals surface area (Å²) in [7, 11) is 0. The molecule has 43 heavy (non-hydrogen) atoms. The Kier molecular flexibility index (Phi) is 7.99. The van der Waals surface area contributed by atoms with Crippen LogP contribution in [0.15, 0.2) is 48.5 Å². The first-order chi connectivity index (χ1) is 20.6. The van der Waals surface area contributed by atoms with Gasteiger partial charge in [-0.2, -0.15) is 5.10 Å². The highest BCUT2D eigenvalue weighted by Gasteiger charge is 2.30. The molecule has 0 spiro atoms. The summed E-state index contributed by atoms with van der Waals surface area (Å²) >= 11 is 7.99. The molecule has 0 N–H and O–H groups in total. The van der Waals surface area contributed by atoms with Crippen molar-refractivity contribution in [3.8, 4) is 21.7 Å². The van der Waals surface area contributed by atoms with Crippen LogP contribution in [0.2, 0.25) is 5.02 Å². The second-order valence-corrected chi connectivity index (χ2v) is 13.9. The van der Waals surface area contributed by atoms with E-state index in [4.69, 9.17) is 26.4 Å². The van der Waals surface area contributed by atoms with E-state index in [-0.39, 0.29) is 12.0 Å². The zero-order valence-corrected chi connectivity index (χ0v) is 27.4. The second-order valence-electron chi connectivity index (χ2n) is 12.4. The summed E-state index contributed by atoms with van der Waals surface area (Å²) < 4.78 is 8.93. The Hall–Kier alpha value is -3.42. The van der Waals surface area contributed by atoms with Crippen LogP contribution in [-0.4, -0.2) is 44.4 Å². The fourth-order valence-electron chi connectivity index (χ4n) is 6.28. The van der Waals surface area contributed by atoms with Crippen molar-refractivity contribution in [2.75, 3.05) is 13.1 Å². The van der Waals surface area contributed by atoms with Gasteiger partial charge in [0, 0.05) is 47.1 Å². The third kappa shape index (κ3) is 5.77. The summed E-state index contributed by atoms with van der Waals surface area (Å²) in [6.07, 6.45) is 2.45. The molecule has 3 heterocycles. The maximum Gasteiger partial charge on any atom is 0.410 e. The van der Waals surface area contributed by atoms with Crippen molar-refractivity contribution in [2.24, 2.45) is 0 Å². The van der Waals surface area contributed by atoms with Gasteiger partial charge in [0.15, 0.2) is 0 Å². The highest BCUT2D eigenvalue weighted by molar-refractivity contribution is 7.22. The lowest BCUT2D eigenvalue weighted by molar-refractivity contribution is 0.0204. The molecule has 8 heteroatoms. The van der Waals surface area contributed by atoms with Gasteiger partial charge in [0.05, 0.1) is 21.4 Å². The number of fused-ring (bicyclic) bond motifs is 2. The Labute approximate surface area is 262 Å². The molecule has 6 rings (SSSR count). The summed E-state index contributed by atoms with van der Waals surface area (Å²) in [6.45, 7) is 14.4. The number of benzene rings is 3. The van der Waals surface area contributed by atoms with Crippen molar-refractivity contribution < 1.29 is 9.53 Å². The summed E-state index contributed by atoms with van der Waals surface area (Å²) in [6, 6.07) is 17.0. The zero-order chi connectivity index (χ0) is 30.5. The number of thiazole rings is 1. The number of likely N-dealkylation sites (tertiary alicyclic amines) is 1. The molecule has 0 atom stereocenters. The van der Waals surface area contributed by atoms with Gasteiger partial charge < -0.3 is 9.64 Å². The quantitative estimate of drug-likeness (QED) is 0.198. The first-order valence-electron chi connectivity index (χ1n) is 15.2. The van der Waals surface area contributed by atoms with Crippen molar-refractivity contribution in [2.45, 2.75) is 78.9 Å². The van der Waals surface area contributed by atoms with Gasteiger partial charge in [0.25, 0.3) is 0 Å². The first kappa shape index (κ1) is 29.6. The molecular formula is C35H39ClN4O2S. The highest BCUT2D eigenvalue weighted by atomic mass is 35.5. The largest absolute Gasteiger partial charge is 0.444 e. The Morgan fingerprint density at radius 1 is 1.05 bits per heavy atom. The van der Waals surface area contributed by atoms with Crippen molar-refractivity contribution in [1.82, 2.24) is 19.7 Å². The Morgan fingerprint density at radius 2 is 1.74 bits per heavy atom. The number of piperidine rings is 1. The number of aryl methyl sites for hydroxylation is 2. The zero-order valence-electron chi connectivity index (χ0n) is 25.8. The number of carbonyl (C=O) groups excluding carboxylic acids is 1. The van der Waals surface area contributed by atoms with Crippen LogP contribution < -0.4 is 0 Å². The normalized spacial score (nSPS) is 14.6. The van der Waals surface area contributed by atoms with E-state index in [0.29, 0.717) is 13.1 Å². The minimum atomic E-state index is -0.493. The van der Waals surface area contributed by atoms with Gasteiger partial charge >= 0.3 is 6.09 Å². The number of aromatic nitrogens is 3. The molecule has 0 aliphatic carbocycles. The third-order valence-corrected chi connectivity index (χ3v) is 9.75. The van der Waals surface area contributed by atoms with Gasteiger partial charge in [0.2, 0.25) is 0 Å². The molecule has 0 saturated carbocycles. The van der Waals surface area contributed by atoms with Gasteiger partial charge in [0.1, 0.15) is 10.6 Å². The monoisotopic (exact) mass is 614 g/mol. The number of halogens is 1. The SMILES string of the molecule is CCc1c(C)cc2nc(-c3ccc4c(c3)c(C3CCN(C(=O)OC(C)(C)C)CC3)nn4CC)sc2c1-c1ccc(Cl)cc1. The number of carbonyl (C=O) groups is 1. The maximum atomic E-state index is 12.7. The average Bonchev–Trinajstić information content (AvgIpc) is 3.57. The van der Waals surface area contributed by atoms with Crippen LogP contribution >= 0.6 is 22.9 Å². The average molecular weight is 615 g/mol. The molecule has 1 fully saturated rings. The predicted molar refractivity (Wildman–Crippen MR) is 178 cm³/mol. The van der Waals surface area contributed by atoms with Crippen molar-refractivity contribution in [1.29, 1.82) is 0 Å². The van der Waals surface area contributed by atoms with E-state index in [1.54, 1.807) is 11.3 Å². The summed E-state index contributed by atoms with van der Waals surface area (Å²) in [5, 5.41) is 8.01. The molecule has 3 aromatic carbocycles. The number of hydrogen-bond donors (Lipinski definition) is 0. The molecule has 5 aromatic rings. The van der Waals surface area contributed by atoms with E-state index < -0.39 is 5.60 Å². The van der Waals surface area contributed by atoms with Crippen LogP contribution in [0.1, 0.15) is 70.2 Å². The van der Waals surface area contributed by atoms with Crippen molar-refractivity contribution >= 4 is 50.2 Å². The maximum absolute atomic E-state index is 12.7. The van der Waals surface area contributed by atoms with Crippen LogP contribution in [0, 0.1) is 6.92 Å². The van der Waals surface area contributed by atoms with Gasteiger partial charge in [-0.15, -0.1) is 11.3 Å². The smallest absolute Gasteiger partial charge is 0.410 e. The third-order valence-electron chi connectivity index (χ3n) is 8.36. The lowest BCUT2D eigenvalue weighted by Crippen LogP contribution is -2.41. The standard InChI is InChI=1S/C35H39ClN4O2S/c1-7-26-21(3)19-28-32(30(26)22-9-12-25(36)13-10-22)43-33(37-28)24-11-14-29-27(20-24)31(38-40(29)8-2)23-15-17-39(18-16-23)34(41)42-35(4,5)6/h9-14,19-20,23H,7-8,15-18H2,1-6H3. The molecule has 2 aromatic heterocycles. The number of hydrogen-bond acceptors (Lipinski definition) is 5. The topological polar surface area (TPSA) is 60.3 Å². The molecule has 1 amide bonds. The number of amides is 1. The fourth-order valence-corrected chi connectivity index (χ4v) is 7.54. The fraction of sp³-hybridized carbons (Fsp3) is 0.400. The van der Waals surface area contributed by atoms with Crippen LogP contribution in [0.3, 0.4) is 0 Å². The summed E-state index contributed by atoms with van der Waals surface area (Å²) in [4.78, 5) is 19.7. The van der Waals surface area contributed by atoms with E-state index in [0.717, 1.165) is 58.1 Å². The molecule has 6 nitrogen and oxygen atoms in total. The molecular weight excluding hydrogens is 576 g/mol. The van der Waals surface area contributed by atoms with E-state index >= 15 is 0 Å². The molecule has 1 aliphatic rings. The second kappa shape index (κ2) is 11.6. The number of rotatable bonds is 5. The van der Waals surface area contributed by atoms with Crippen LogP contribution in [0.5, 0.6) is 0 Å². The Morgan fingerprint density at radius 3 is 2.40 bits per heavy atom. The Balaban J connectivity index is 1.37. The lowest BCUT2D eigenvalue weighted by Gasteiger charge is -2.33. The minimum absolute atomic E-state index is 0.229. The molecule has 224 valence electrons. The molecule has 1 saturated heterocycles. The van der Waals surface area contributed by atoms with E-state index in [9.17, 15) is 4.79 Å². The van der Waals surface area contributed by atoms with E-state index in [1.165, 1.54) is 32.3 Å². The Bertz CT molecular complexity index is 1810. The van der Waals surface area contributed by atoms with E-state index in [2.05, 4.69) is 61.9 Å². The number of nitrogens with zero attached hydrogens (tertiary/aromatic N) is 4. The van der Waals surface area contributed by atoms with Crippen molar-refractivity contribution in [3.05, 3.63) is 70.4 Å². The van der Waals surface area contributed by atoms with E-state index in [1.807, 2.05) is 37.8 Å². The number of ether oxygens (including phenoxy) is 1. The minimum Gasteiger partial charge on any atom is -0.444 e. The molecule has 0 bridgehead atoms. The molecule has 1 aliphatic heterocycles.